The molecule has 0 aliphatic heterocycles. The van der Waals surface area contributed by atoms with Crippen LogP contribution in [0.4, 0.5) is 11.4 Å². The number of pyridine rings is 1. The van der Waals surface area contributed by atoms with Gasteiger partial charge in [-0.2, -0.15) is 10.2 Å². The van der Waals surface area contributed by atoms with E-state index in [0.29, 0.717) is 12.4 Å². The van der Waals surface area contributed by atoms with Gasteiger partial charge in [0.2, 0.25) is 5.88 Å². The van der Waals surface area contributed by atoms with E-state index in [9.17, 15) is 0 Å². The maximum atomic E-state index is 5.25. The van der Waals surface area contributed by atoms with Crippen LogP contribution in [0.3, 0.4) is 0 Å². The molecule has 14 nitrogen and oxygen atoms in total. The fourth-order valence-electron chi connectivity index (χ4n) is 7.89. The molecule has 0 saturated carbocycles. The average molecular weight is 860 g/mol. The molecule has 15 heteroatoms. The average Bonchev–Trinajstić information content (AvgIpc) is 4.06. The monoisotopic (exact) mass is 859 g/mol. The zero-order chi connectivity index (χ0) is 43.6. The van der Waals surface area contributed by atoms with Crippen LogP contribution in [0, 0.1) is 6.92 Å². The SMILES string of the molecule is COc1ccc([C@@H](Nc2cc(-c3ccc4scc(C)c4c3)c3nccnc3c2)c2cnnn2C)cn1.Cn1ccc2ccc(-c3cc(NCc4ccnnc4)cc4nccnc34)cc21. The zero-order valence-corrected chi connectivity index (χ0v) is 36.2. The highest BCUT2D eigenvalue weighted by atomic mass is 32.1. The second kappa shape index (κ2) is 17.3. The number of ether oxygens (including phenoxy) is 1. The largest absolute Gasteiger partial charge is 0.481 e. The number of methoxy groups -OCH3 is 1. The van der Waals surface area contributed by atoms with Crippen LogP contribution in [0.25, 0.3) is 65.3 Å². The lowest BCUT2D eigenvalue weighted by atomic mass is 9.99. The summed E-state index contributed by atoms with van der Waals surface area (Å²) in [4.78, 5) is 22.8. The van der Waals surface area contributed by atoms with E-state index in [4.69, 9.17) is 4.74 Å². The Morgan fingerprint density at radius 2 is 1.44 bits per heavy atom. The molecule has 7 aromatic heterocycles. The molecule has 0 saturated heterocycles. The number of nitrogens with one attached hydrogen (secondary N) is 2. The first-order valence-corrected chi connectivity index (χ1v) is 21.4. The maximum absolute atomic E-state index is 5.25. The van der Waals surface area contributed by atoms with Gasteiger partial charge in [0.25, 0.3) is 0 Å². The number of rotatable bonds is 10. The Kier molecular flexibility index (Phi) is 10.8. The maximum Gasteiger partial charge on any atom is 0.212 e. The van der Waals surface area contributed by atoms with Crippen molar-refractivity contribution in [2.75, 3.05) is 17.7 Å². The lowest BCUT2D eigenvalue weighted by Crippen LogP contribution is -2.16. The van der Waals surface area contributed by atoms with E-state index in [1.807, 2.05) is 37.4 Å². The number of aromatic nitrogens is 11. The molecule has 11 aromatic rings. The van der Waals surface area contributed by atoms with Gasteiger partial charge in [-0.15, -0.1) is 16.4 Å². The van der Waals surface area contributed by atoms with Crippen LogP contribution >= 0.6 is 11.3 Å². The van der Waals surface area contributed by atoms with Crippen LogP contribution in [0.15, 0.2) is 146 Å². The topological polar surface area (TPSA) is 159 Å². The molecule has 0 fully saturated rings. The molecular formula is C49H41N13OS. The van der Waals surface area contributed by atoms with E-state index in [1.54, 1.807) is 72.7 Å². The Morgan fingerprint density at radius 1 is 0.688 bits per heavy atom. The van der Waals surface area contributed by atoms with E-state index >= 15 is 0 Å². The molecule has 314 valence electrons. The molecule has 0 bridgehead atoms. The van der Waals surface area contributed by atoms with Crippen molar-refractivity contribution in [3.05, 3.63) is 168 Å². The van der Waals surface area contributed by atoms with Crippen molar-refractivity contribution in [3.8, 4) is 28.1 Å². The summed E-state index contributed by atoms with van der Waals surface area (Å²) >= 11 is 1.76. The standard InChI is InChI=1S/C27H23N7OS.C22H18N6/c1-16-15-36-24-6-4-17(10-20(16)24)21-11-19(12-22-27(21)29-9-8-28-22)32-26(23-14-31-33-34(23)2)18-5-7-25(35-3)30-13-18;1-28-9-5-16-2-3-17(10-21(16)28)19-11-18(12-20-22(19)24-8-7-23-20)25-13-15-4-6-26-27-14-15/h4-15,26,32H,1-3H3;2-12,14,25H,13H2,1H3/t26-;/m1./s1. The summed E-state index contributed by atoms with van der Waals surface area (Å²) in [5.41, 5.74) is 15.0. The van der Waals surface area contributed by atoms with Crippen molar-refractivity contribution in [2.45, 2.75) is 19.5 Å². The van der Waals surface area contributed by atoms with Crippen LogP contribution in [0.2, 0.25) is 0 Å². The minimum Gasteiger partial charge on any atom is -0.481 e. The second-order valence-corrected chi connectivity index (χ2v) is 16.2. The highest BCUT2D eigenvalue weighted by Gasteiger charge is 2.21. The van der Waals surface area contributed by atoms with Crippen molar-refractivity contribution < 1.29 is 4.74 Å². The predicted octanol–water partition coefficient (Wildman–Crippen LogP) is 9.74. The van der Waals surface area contributed by atoms with Gasteiger partial charge in [-0.25, -0.2) is 9.67 Å². The Hall–Kier alpha value is -8.17. The van der Waals surface area contributed by atoms with Gasteiger partial charge in [-0.1, -0.05) is 23.4 Å². The number of aryl methyl sites for hydroxylation is 3. The van der Waals surface area contributed by atoms with Gasteiger partial charge in [-0.05, 0) is 112 Å². The van der Waals surface area contributed by atoms with Gasteiger partial charge >= 0.3 is 0 Å². The Morgan fingerprint density at radius 3 is 2.16 bits per heavy atom. The molecular weight excluding hydrogens is 819 g/mol. The molecule has 0 aliphatic carbocycles. The number of fused-ring (bicyclic) bond motifs is 4. The lowest BCUT2D eigenvalue weighted by molar-refractivity contribution is 0.397. The Bertz CT molecular complexity index is 3420. The van der Waals surface area contributed by atoms with Crippen molar-refractivity contribution >= 4 is 65.8 Å². The molecule has 0 amide bonds. The van der Waals surface area contributed by atoms with Gasteiger partial charge in [0.05, 0.1) is 53.3 Å². The molecule has 1 atom stereocenters. The Labute approximate surface area is 371 Å². The highest BCUT2D eigenvalue weighted by Crippen LogP contribution is 2.37. The minimum absolute atomic E-state index is 0.244. The summed E-state index contributed by atoms with van der Waals surface area (Å²) in [6.07, 6.45) is 16.0. The highest BCUT2D eigenvalue weighted by molar-refractivity contribution is 7.17. The van der Waals surface area contributed by atoms with Crippen LogP contribution in [-0.4, -0.2) is 61.8 Å². The van der Waals surface area contributed by atoms with Crippen molar-refractivity contribution in [3.63, 3.8) is 0 Å². The Balaban J connectivity index is 0.000000156. The lowest BCUT2D eigenvalue weighted by Gasteiger charge is -2.21. The second-order valence-electron chi connectivity index (χ2n) is 15.3. The van der Waals surface area contributed by atoms with Crippen LogP contribution in [0.5, 0.6) is 5.88 Å². The number of nitrogens with zero attached hydrogens (tertiary/aromatic N) is 11. The minimum atomic E-state index is -0.244. The fraction of sp³-hybridized carbons (Fsp3) is 0.122. The van der Waals surface area contributed by atoms with Crippen LogP contribution in [0.1, 0.15) is 28.4 Å². The van der Waals surface area contributed by atoms with Gasteiger partial charge in [-0.3, -0.25) is 19.9 Å². The summed E-state index contributed by atoms with van der Waals surface area (Å²) in [5.74, 6) is 0.558. The summed E-state index contributed by atoms with van der Waals surface area (Å²) in [6, 6.07) is 29.1. The number of anilines is 2. The molecule has 0 spiro atoms. The van der Waals surface area contributed by atoms with E-state index in [1.165, 1.54) is 26.6 Å². The van der Waals surface area contributed by atoms with Crippen molar-refractivity contribution in [1.82, 2.24) is 54.7 Å². The molecule has 2 N–H and O–H groups in total. The van der Waals surface area contributed by atoms with E-state index in [0.717, 1.165) is 72.5 Å². The van der Waals surface area contributed by atoms with Crippen molar-refractivity contribution in [2.24, 2.45) is 14.1 Å². The third-order valence-corrected chi connectivity index (χ3v) is 12.3. The summed E-state index contributed by atoms with van der Waals surface area (Å²) < 4.78 is 10.4. The summed E-state index contributed by atoms with van der Waals surface area (Å²) in [6.45, 7) is 2.81. The molecule has 4 aromatic carbocycles. The first kappa shape index (κ1) is 39.9. The number of hydrogen-bond donors (Lipinski definition) is 2. The number of benzene rings is 4. The zero-order valence-electron chi connectivity index (χ0n) is 35.4. The van der Waals surface area contributed by atoms with Gasteiger partial charge in [0.1, 0.15) is 0 Å². The summed E-state index contributed by atoms with van der Waals surface area (Å²) in [5, 5.41) is 27.8. The fourth-order valence-corrected chi connectivity index (χ4v) is 8.82. The van der Waals surface area contributed by atoms with Crippen LogP contribution < -0.4 is 15.4 Å². The molecule has 0 unspecified atom stereocenters. The van der Waals surface area contributed by atoms with E-state index in [2.05, 4.69) is 141 Å². The third-order valence-electron chi connectivity index (χ3n) is 11.2. The first-order chi connectivity index (χ1) is 31.4. The first-order valence-electron chi connectivity index (χ1n) is 20.5. The van der Waals surface area contributed by atoms with Gasteiger partial charge in [0, 0.05) is 103 Å². The molecule has 64 heavy (non-hydrogen) atoms. The van der Waals surface area contributed by atoms with Crippen LogP contribution in [-0.2, 0) is 20.6 Å². The predicted molar refractivity (Wildman–Crippen MR) is 253 cm³/mol. The molecule has 0 radical (unpaired) electrons. The number of thiophene rings is 1. The quantitative estimate of drug-likeness (QED) is 0.134. The van der Waals surface area contributed by atoms with E-state index in [-0.39, 0.29) is 6.04 Å². The molecule has 7 heterocycles. The smallest absolute Gasteiger partial charge is 0.212 e. The van der Waals surface area contributed by atoms with Gasteiger partial charge < -0.3 is 19.9 Å². The number of hydrogen-bond acceptors (Lipinski definition) is 13. The third kappa shape index (κ3) is 8.02. The van der Waals surface area contributed by atoms with Gasteiger partial charge in [0.15, 0.2) is 0 Å². The molecule has 0 aliphatic rings. The van der Waals surface area contributed by atoms with E-state index < -0.39 is 0 Å². The van der Waals surface area contributed by atoms with Crippen molar-refractivity contribution in [1.29, 1.82) is 0 Å². The summed E-state index contributed by atoms with van der Waals surface area (Å²) in [7, 11) is 5.55. The molecule has 11 rings (SSSR count). The normalized spacial score (nSPS) is 11.8.